The lowest BCUT2D eigenvalue weighted by atomic mass is 10.4. The molecule has 0 saturated carbocycles. The van der Waals surface area contributed by atoms with Crippen molar-refractivity contribution in [2.45, 2.75) is 4.33 Å². The van der Waals surface area contributed by atoms with E-state index in [4.69, 9.17) is 58.0 Å². The fraction of sp³-hybridized carbons (Fsp3) is 0.250. The quantitative estimate of drug-likeness (QED) is 0.536. The number of allylic oxidation sites excluding steroid dienone is 1. The lowest BCUT2D eigenvalue weighted by Crippen LogP contribution is -2.14. The molecule has 0 atom stereocenters. The van der Waals surface area contributed by atoms with Crippen molar-refractivity contribution in [2.75, 3.05) is 0 Å². The Morgan fingerprint density at radius 3 is 1.70 bits per heavy atom. The molecule has 0 aromatic rings. The second-order valence-corrected chi connectivity index (χ2v) is 4.03. The maximum atomic E-state index is 10.1. The summed E-state index contributed by atoms with van der Waals surface area (Å²) in [6.07, 6.45) is 0.225. The summed E-state index contributed by atoms with van der Waals surface area (Å²) in [6, 6.07) is 0. The third-order valence-electron chi connectivity index (χ3n) is 0.607. The number of hydrogen-bond acceptors (Lipinski definition) is 1. The molecule has 6 heteroatoms. The lowest BCUT2D eigenvalue weighted by Gasteiger charge is -2.09. The number of aldehydes is 1. The molecule has 0 bridgehead atoms. The van der Waals surface area contributed by atoms with Crippen molar-refractivity contribution in [1.82, 2.24) is 0 Å². The van der Waals surface area contributed by atoms with E-state index in [9.17, 15) is 4.79 Å². The Morgan fingerprint density at radius 2 is 1.60 bits per heavy atom. The number of rotatable bonds is 2. The summed E-state index contributed by atoms with van der Waals surface area (Å²) < 4.78 is -2.15. The molecule has 0 amide bonds. The molecule has 58 valence electrons. The van der Waals surface area contributed by atoms with Gasteiger partial charge in [-0.2, -0.15) is 0 Å². The highest BCUT2D eigenvalue weighted by Gasteiger charge is 2.29. The van der Waals surface area contributed by atoms with E-state index in [-0.39, 0.29) is 15.8 Å². The molecule has 1 nitrogen and oxygen atoms in total. The minimum atomic E-state index is -1.83. The van der Waals surface area contributed by atoms with Crippen LogP contribution in [0, 0.1) is 0 Å². The van der Waals surface area contributed by atoms with Crippen LogP contribution in [-0.4, -0.2) is 10.6 Å². The first-order valence-corrected chi connectivity index (χ1v) is 3.86. The van der Waals surface area contributed by atoms with E-state index in [1.165, 1.54) is 0 Å². The average Bonchev–Trinajstić information content (AvgIpc) is 1.86. The van der Waals surface area contributed by atoms with E-state index < -0.39 is 4.33 Å². The minimum absolute atomic E-state index is 0.225. The van der Waals surface area contributed by atoms with Crippen molar-refractivity contribution < 1.29 is 4.79 Å². The molecule has 0 heterocycles. The van der Waals surface area contributed by atoms with Crippen molar-refractivity contribution in [2.24, 2.45) is 0 Å². The number of alkyl halides is 2. The van der Waals surface area contributed by atoms with E-state index in [0.717, 1.165) is 0 Å². The van der Waals surface area contributed by atoms with Gasteiger partial charge in [-0.25, -0.2) is 0 Å². The zero-order valence-corrected chi connectivity index (χ0v) is 8.16. The number of hydrogen-bond donors (Lipinski definition) is 0. The van der Waals surface area contributed by atoms with Crippen molar-refractivity contribution in [3.63, 3.8) is 0 Å². The Morgan fingerprint density at radius 1 is 1.20 bits per heavy atom. The van der Waals surface area contributed by atoms with Crippen LogP contribution >= 0.6 is 58.0 Å². The summed E-state index contributed by atoms with van der Waals surface area (Å²) >= 11 is 26.3. The molecular weight excluding hydrogens is 241 g/mol. The van der Waals surface area contributed by atoms with Gasteiger partial charge in [0, 0.05) is 0 Å². The molecule has 0 spiro atoms. The first-order chi connectivity index (χ1) is 4.41. The summed E-state index contributed by atoms with van der Waals surface area (Å²) in [6.45, 7) is 0. The molecule has 0 aliphatic rings. The third-order valence-corrected chi connectivity index (χ3v) is 2.41. The van der Waals surface area contributed by atoms with Gasteiger partial charge in [-0.05, 0) is 0 Å². The summed E-state index contributed by atoms with van der Waals surface area (Å²) in [7, 11) is 0. The van der Waals surface area contributed by atoms with Crippen molar-refractivity contribution >= 4 is 64.3 Å². The summed E-state index contributed by atoms with van der Waals surface area (Å²) in [5.41, 5.74) is 0. The van der Waals surface area contributed by atoms with Gasteiger partial charge in [0.15, 0.2) is 6.29 Å². The molecule has 0 saturated heterocycles. The van der Waals surface area contributed by atoms with Crippen LogP contribution in [0.15, 0.2) is 9.52 Å². The maximum absolute atomic E-state index is 10.1. The van der Waals surface area contributed by atoms with E-state index in [2.05, 4.69) is 0 Å². The summed E-state index contributed by atoms with van der Waals surface area (Å²) in [5.74, 6) is 0. The molecule has 0 aliphatic heterocycles. The van der Waals surface area contributed by atoms with Crippen LogP contribution in [0.5, 0.6) is 0 Å². The van der Waals surface area contributed by atoms with E-state index in [1.54, 1.807) is 0 Å². The minimum Gasteiger partial charge on any atom is -0.300 e. The molecule has 0 fully saturated rings. The predicted octanol–water partition coefficient (Wildman–Crippen LogP) is 3.24. The monoisotopic (exact) mass is 240 g/mol. The molecular formula is C4HCl5O. The van der Waals surface area contributed by atoms with Gasteiger partial charge in [0.2, 0.25) is 4.33 Å². The second-order valence-electron chi connectivity index (χ2n) is 1.32. The van der Waals surface area contributed by atoms with Crippen LogP contribution in [0.1, 0.15) is 0 Å². The van der Waals surface area contributed by atoms with Crippen LogP contribution < -0.4 is 0 Å². The molecule has 0 N–H and O–H groups in total. The molecule has 0 radical (unpaired) electrons. The van der Waals surface area contributed by atoms with Gasteiger partial charge in [-0.3, -0.25) is 4.79 Å². The maximum Gasteiger partial charge on any atom is 0.210 e. The topological polar surface area (TPSA) is 17.1 Å². The van der Waals surface area contributed by atoms with Gasteiger partial charge >= 0.3 is 0 Å². The molecule has 0 aliphatic carbocycles. The first kappa shape index (κ1) is 10.9. The largest absolute Gasteiger partial charge is 0.300 e. The molecule has 0 unspecified atom stereocenters. The van der Waals surface area contributed by atoms with Crippen LogP contribution in [0.4, 0.5) is 0 Å². The molecule has 0 aromatic carbocycles. The highest BCUT2D eigenvalue weighted by atomic mass is 35.5. The van der Waals surface area contributed by atoms with Crippen molar-refractivity contribution in [3.8, 4) is 0 Å². The predicted molar refractivity (Wildman–Crippen MR) is 45.1 cm³/mol. The van der Waals surface area contributed by atoms with Crippen molar-refractivity contribution in [3.05, 3.63) is 9.52 Å². The molecule has 10 heavy (non-hydrogen) atoms. The zero-order valence-electron chi connectivity index (χ0n) is 4.38. The van der Waals surface area contributed by atoms with Crippen molar-refractivity contribution in [1.29, 1.82) is 0 Å². The Balaban J connectivity index is 4.65. The Labute approximate surface area is 82.8 Å². The number of halogens is 5. The van der Waals surface area contributed by atoms with E-state index in [1.807, 2.05) is 0 Å². The van der Waals surface area contributed by atoms with Crippen LogP contribution in [-0.2, 0) is 4.79 Å². The van der Waals surface area contributed by atoms with Crippen LogP contribution in [0.2, 0.25) is 0 Å². The van der Waals surface area contributed by atoms with E-state index >= 15 is 0 Å². The lowest BCUT2D eigenvalue weighted by molar-refractivity contribution is -0.107. The van der Waals surface area contributed by atoms with Crippen LogP contribution in [0.3, 0.4) is 0 Å². The standard InChI is InChI=1S/C4HCl5O/c5-2(3(6)7)4(8,9)1-10/h1H. The van der Waals surface area contributed by atoms with Crippen LogP contribution in [0.25, 0.3) is 0 Å². The SMILES string of the molecule is O=CC(Cl)(Cl)C(Cl)=C(Cl)Cl. The molecule has 0 rings (SSSR count). The smallest absolute Gasteiger partial charge is 0.210 e. The highest BCUT2D eigenvalue weighted by molar-refractivity contribution is 6.67. The first-order valence-electron chi connectivity index (χ1n) is 1.97. The fourth-order valence-electron chi connectivity index (χ4n) is 0.178. The van der Waals surface area contributed by atoms with Gasteiger partial charge in [-0.1, -0.05) is 58.0 Å². The fourth-order valence-corrected chi connectivity index (χ4v) is 0.903. The van der Waals surface area contributed by atoms with E-state index in [0.29, 0.717) is 0 Å². The third kappa shape index (κ3) is 2.85. The zero-order chi connectivity index (χ0) is 8.36. The van der Waals surface area contributed by atoms with Gasteiger partial charge in [-0.15, -0.1) is 0 Å². The van der Waals surface area contributed by atoms with Gasteiger partial charge in [0.25, 0.3) is 0 Å². The summed E-state index contributed by atoms with van der Waals surface area (Å²) in [5, 5.41) is -0.297. The van der Waals surface area contributed by atoms with Gasteiger partial charge in [0.1, 0.15) is 4.49 Å². The Hall–Kier alpha value is 0.860. The van der Waals surface area contributed by atoms with Gasteiger partial charge in [0.05, 0.1) is 5.03 Å². The highest BCUT2D eigenvalue weighted by Crippen LogP contribution is 2.35. The number of carbonyl (C=O) groups excluding carboxylic acids is 1. The normalized spacial score (nSPS) is 10.9. The average molecular weight is 242 g/mol. The summed E-state index contributed by atoms with van der Waals surface area (Å²) in [4.78, 5) is 10.1. The second kappa shape index (κ2) is 4.03. The number of carbonyl (C=O) groups is 1. The van der Waals surface area contributed by atoms with Gasteiger partial charge < -0.3 is 0 Å². The Kier molecular flexibility index (Phi) is 4.38. The molecule has 0 aromatic heterocycles. The Bertz CT molecular complexity index is 168.